The number of benzene rings is 2. The molecule has 0 amide bonds. The normalized spacial score (nSPS) is 13.4. The van der Waals surface area contributed by atoms with E-state index in [1.165, 1.54) is 11.3 Å². The number of para-hydroxylation sites is 2. The third kappa shape index (κ3) is 3.17. The van der Waals surface area contributed by atoms with E-state index in [9.17, 15) is 4.79 Å². The van der Waals surface area contributed by atoms with Gasteiger partial charge in [0.2, 0.25) is 0 Å². The van der Waals surface area contributed by atoms with Crippen LogP contribution in [0.2, 0.25) is 0 Å². The van der Waals surface area contributed by atoms with Crippen molar-refractivity contribution in [1.82, 2.24) is 9.38 Å². The number of thiazole rings is 1. The van der Waals surface area contributed by atoms with E-state index in [1.807, 2.05) is 55.5 Å². The molecule has 0 bridgehead atoms. The van der Waals surface area contributed by atoms with Gasteiger partial charge in [-0.1, -0.05) is 36.5 Å². The Morgan fingerprint density at radius 3 is 2.81 bits per heavy atom. The molecule has 0 saturated carbocycles. The first-order valence-corrected chi connectivity index (χ1v) is 9.68. The van der Waals surface area contributed by atoms with Crippen molar-refractivity contribution in [3.8, 4) is 11.5 Å². The smallest absolute Gasteiger partial charge is 0.274 e. The SMILES string of the molecule is CC[C@@H](C)Oc1ccc(C=c2sc3nc4ccccc4n3c2=O)cc1OC. The number of nitrogens with zero attached hydrogens (tertiary/aromatic N) is 2. The van der Waals surface area contributed by atoms with Gasteiger partial charge in [0.05, 0.1) is 28.8 Å². The van der Waals surface area contributed by atoms with E-state index in [2.05, 4.69) is 11.9 Å². The summed E-state index contributed by atoms with van der Waals surface area (Å²) in [5.74, 6) is 1.36. The molecule has 5 nitrogen and oxygen atoms in total. The molecule has 2 aromatic carbocycles. The van der Waals surface area contributed by atoms with Gasteiger partial charge in [-0.2, -0.15) is 0 Å². The third-order valence-electron chi connectivity index (χ3n) is 4.53. The van der Waals surface area contributed by atoms with Gasteiger partial charge in [-0.3, -0.25) is 4.79 Å². The van der Waals surface area contributed by atoms with Crippen molar-refractivity contribution in [3.05, 3.63) is 62.9 Å². The minimum absolute atomic E-state index is 0.0531. The average Bonchev–Trinajstić information content (AvgIpc) is 3.19. The minimum atomic E-state index is -0.0531. The Bertz CT molecular complexity index is 1230. The van der Waals surface area contributed by atoms with Gasteiger partial charge in [0.1, 0.15) is 0 Å². The molecule has 4 aromatic rings. The van der Waals surface area contributed by atoms with E-state index in [0.717, 1.165) is 23.0 Å². The van der Waals surface area contributed by atoms with Gasteiger partial charge in [-0.25, -0.2) is 9.38 Å². The number of ether oxygens (including phenoxy) is 2. The van der Waals surface area contributed by atoms with Crippen molar-refractivity contribution in [2.24, 2.45) is 0 Å². The van der Waals surface area contributed by atoms with Crippen LogP contribution in [0.15, 0.2) is 47.3 Å². The molecule has 4 rings (SSSR count). The third-order valence-corrected chi connectivity index (χ3v) is 5.50. The fourth-order valence-electron chi connectivity index (χ4n) is 2.93. The number of hydrogen-bond donors (Lipinski definition) is 0. The first-order valence-electron chi connectivity index (χ1n) is 8.87. The second-order valence-corrected chi connectivity index (χ2v) is 7.39. The van der Waals surface area contributed by atoms with Crippen molar-refractivity contribution in [2.45, 2.75) is 26.4 Å². The first-order chi connectivity index (χ1) is 13.1. The van der Waals surface area contributed by atoms with Crippen molar-refractivity contribution >= 4 is 33.4 Å². The molecule has 0 aliphatic heterocycles. The van der Waals surface area contributed by atoms with Crippen LogP contribution in [0.25, 0.3) is 22.1 Å². The van der Waals surface area contributed by atoms with E-state index < -0.39 is 0 Å². The first kappa shape index (κ1) is 17.5. The van der Waals surface area contributed by atoms with Crippen LogP contribution in [-0.4, -0.2) is 22.6 Å². The second kappa shape index (κ2) is 7.04. The van der Waals surface area contributed by atoms with Gasteiger partial charge in [-0.15, -0.1) is 0 Å². The molecule has 0 fully saturated rings. The Hall–Kier alpha value is -2.86. The van der Waals surface area contributed by atoms with Gasteiger partial charge in [0.15, 0.2) is 16.5 Å². The van der Waals surface area contributed by atoms with Gasteiger partial charge >= 0.3 is 0 Å². The summed E-state index contributed by atoms with van der Waals surface area (Å²) in [6, 6.07) is 13.4. The number of fused-ring (bicyclic) bond motifs is 3. The van der Waals surface area contributed by atoms with Crippen LogP contribution >= 0.6 is 11.3 Å². The fraction of sp³-hybridized carbons (Fsp3) is 0.238. The summed E-state index contributed by atoms with van der Waals surface area (Å²) < 4.78 is 13.7. The molecule has 6 heteroatoms. The van der Waals surface area contributed by atoms with Gasteiger partial charge in [-0.05, 0) is 49.2 Å². The highest BCUT2D eigenvalue weighted by Gasteiger charge is 2.12. The maximum atomic E-state index is 12.9. The van der Waals surface area contributed by atoms with Crippen LogP contribution in [0.4, 0.5) is 0 Å². The number of methoxy groups -OCH3 is 1. The predicted molar refractivity (Wildman–Crippen MR) is 109 cm³/mol. The van der Waals surface area contributed by atoms with Crippen LogP contribution in [-0.2, 0) is 0 Å². The zero-order chi connectivity index (χ0) is 19.0. The van der Waals surface area contributed by atoms with Crippen LogP contribution < -0.4 is 19.6 Å². The maximum absolute atomic E-state index is 12.9. The molecule has 0 spiro atoms. The molecule has 138 valence electrons. The molecular formula is C21H20N2O3S. The minimum Gasteiger partial charge on any atom is -0.493 e. The summed E-state index contributed by atoms with van der Waals surface area (Å²) in [6.45, 7) is 4.10. The lowest BCUT2D eigenvalue weighted by Crippen LogP contribution is -2.22. The molecule has 0 radical (unpaired) electrons. The Balaban J connectivity index is 1.79. The van der Waals surface area contributed by atoms with Crippen LogP contribution in [0, 0.1) is 0 Å². The summed E-state index contributed by atoms with van der Waals surface area (Å²) in [5.41, 5.74) is 2.50. The van der Waals surface area contributed by atoms with Crippen molar-refractivity contribution in [3.63, 3.8) is 0 Å². The van der Waals surface area contributed by atoms with E-state index in [4.69, 9.17) is 9.47 Å². The van der Waals surface area contributed by atoms with Crippen molar-refractivity contribution in [2.75, 3.05) is 7.11 Å². The van der Waals surface area contributed by atoms with Gasteiger partial charge in [0.25, 0.3) is 5.56 Å². The molecule has 2 aromatic heterocycles. The van der Waals surface area contributed by atoms with E-state index in [-0.39, 0.29) is 11.7 Å². The summed E-state index contributed by atoms with van der Waals surface area (Å²) in [5, 5.41) is 0. The second-order valence-electron chi connectivity index (χ2n) is 6.38. The number of imidazole rings is 1. The average molecular weight is 380 g/mol. The van der Waals surface area contributed by atoms with Crippen molar-refractivity contribution < 1.29 is 9.47 Å². The zero-order valence-electron chi connectivity index (χ0n) is 15.4. The number of aromatic nitrogens is 2. The molecule has 0 unspecified atom stereocenters. The lowest BCUT2D eigenvalue weighted by molar-refractivity contribution is 0.207. The largest absolute Gasteiger partial charge is 0.493 e. The Morgan fingerprint density at radius 1 is 1.22 bits per heavy atom. The molecule has 27 heavy (non-hydrogen) atoms. The van der Waals surface area contributed by atoms with Crippen LogP contribution in [0.3, 0.4) is 0 Å². The molecular weight excluding hydrogens is 360 g/mol. The summed E-state index contributed by atoms with van der Waals surface area (Å²) in [4.78, 5) is 18.1. The summed E-state index contributed by atoms with van der Waals surface area (Å²) in [6.07, 6.45) is 2.89. The number of hydrogen-bond acceptors (Lipinski definition) is 5. The lowest BCUT2D eigenvalue weighted by Gasteiger charge is -2.15. The molecule has 2 heterocycles. The predicted octanol–water partition coefficient (Wildman–Crippen LogP) is 3.64. The standard InChI is InChI=1S/C21H20N2O3S/c1-4-13(2)26-17-10-9-14(11-18(17)25-3)12-19-20(24)23-16-8-6-5-7-15(16)22-21(23)27-19/h5-13H,4H2,1-3H3/t13-/m1/s1. The topological polar surface area (TPSA) is 52.8 Å². The quantitative estimate of drug-likeness (QED) is 0.530. The highest BCUT2D eigenvalue weighted by Crippen LogP contribution is 2.29. The molecule has 0 aliphatic carbocycles. The Labute approximate surface area is 160 Å². The maximum Gasteiger partial charge on any atom is 0.274 e. The van der Waals surface area contributed by atoms with Crippen LogP contribution in [0.5, 0.6) is 11.5 Å². The zero-order valence-corrected chi connectivity index (χ0v) is 16.2. The van der Waals surface area contributed by atoms with E-state index in [0.29, 0.717) is 21.0 Å². The summed E-state index contributed by atoms with van der Waals surface area (Å²) >= 11 is 1.39. The van der Waals surface area contributed by atoms with E-state index >= 15 is 0 Å². The highest BCUT2D eigenvalue weighted by molar-refractivity contribution is 7.15. The Kier molecular flexibility index (Phi) is 4.58. The molecule has 0 aliphatic rings. The molecule has 1 atom stereocenters. The lowest BCUT2D eigenvalue weighted by atomic mass is 10.2. The highest BCUT2D eigenvalue weighted by atomic mass is 32.1. The van der Waals surface area contributed by atoms with Crippen molar-refractivity contribution in [1.29, 1.82) is 0 Å². The number of rotatable bonds is 5. The molecule has 0 saturated heterocycles. The fourth-order valence-corrected chi connectivity index (χ4v) is 3.92. The molecule has 0 N–H and O–H groups in total. The summed E-state index contributed by atoms with van der Waals surface area (Å²) in [7, 11) is 1.62. The Morgan fingerprint density at radius 2 is 2.04 bits per heavy atom. The van der Waals surface area contributed by atoms with Gasteiger partial charge < -0.3 is 9.47 Å². The van der Waals surface area contributed by atoms with E-state index in [1.54, 1.807) is 11.5 Å². The van der Waals surface area contributed by atoms with Crippen LogP contribution in [0.1, 0.15) is 25.8 Å². The monoisotopic (exact) mass is 380 g/mol. The van der Waals surface area contributed by atoms with Gasteiger partial charge in [0, 0.05) is 0 Å².